The van der Waals surface area contributed by atoms with Crippen molar-refractivity contribution in [2.24, 2.45) is 22.7 Å². The summed E-state index contributed by atoms with van der Waals surface area (Å²) in [6.07, 6.45) is 8.68. The van der Waals surface area contributed by atoms with Crippen molar-refractivity contribution in [1.82, 2.24) is 0 Å². The maximum absolute atomic E-state index is 9.74. The molecule has 0 N–H and O–H groups in total. The predicted molar refractivity (Wildman–Crippen MR) is 128 cm³/mol. The first kappa shape index (κ1) is 24.4. The highest BCUT2D eigenvalue weighted by Gasteiger charge is 2.19. The summed E-state index contributed by atoms with van der Waals surface area (Å²) < 4.78 is 0. The summed E-state index contributed by atoms with van der Waals surface area (Å²) in [7, 11) is 0. The van der Waals surface area contributed by atoms with E-state index in [0.717, 1.165) is 35.1 Å². The van der Waals surface area contributed by atoms with Crippen LogP contribution in [-0.2, 0) is 6.42 Å². The van der Waals surface area contributed by atoms with Crippen LogP contribution in [0.4, 0.5) is 0 Å². The molecular formula is C27H36N2. The summed E-state index contributed by atoms with van der Waals surface area (Å²) in [4.78, 5) is 3.80. The molecule has 2 nitrogen and oxygen atoms in total. The van der Waals surface area contributed by atoms with Crippen molar-refractivity contribution in [2.45, 2.75) is 53.9 Å². The molecular weight excluding hydrogens is 352 g/mol. The Morgan fingerprint density at radius 3 is 2.31 bits per heavy atom. The molecule has 0 bridgehead atoms. The van der Waals surface area contributed by atoms with Crippen molar-refractivity contribution in [1.29, 1.82) is 5.26 Å². The number of hydrogen-bond acceptors (Lipinski definition) is 2. The molecule has 0 aliphatic heterocycles. The average molecular weight is 389 g/mol. The van der Waals surface area contributed by atoms with Crippen LogP contribution in [0.5, 0.6) is 0 Å². The zero-order chi connectivity index (χ0) is 22.0. The summed E-state index contributed by atoms with van der Waals surface area (Å²) in [5.74, 6) is 1.96. The molecule has 0 fully saturated rings. The Morgan fingerprint density at radius 1 is 1.14 bits per heavy atom. The van der Waals surface area contributed by atoms with Crippen molar-refractivity contribution in [3.05, 3.63) is 77.5 Å². The number of nitriles is 1. The van der Waals surface area contributed by atoms with Gasteiger partial charge in [0.1, 0.15) is 0 Å². The van der Waals surface area contributed by atoms with Gasteiger partial charge in [0.05, 0.1) is 17.3 Å². The standard InChI is InChI=1S/C27H36N2/c1-9-23(15-16-26(19(2)3)20(4)5)27-24(11-10-12-25(27)18-28)17-21(6)13-14-22(7)29-8/h9-14,19-20,26H,6-8,15-17H2,1-5H3/b14-13+,23-9-. The SMILES string of the molecule is C=NC(=C)/C=C/C(=C)Cc1cccc(C#N)c1/C(=C\C)CCC(C(C)C)C(C)C. The number of allylic oxidation sites excluding steroid dienone is 5. The molecule has 1 rings (SSSR count). The van der Waals surface area contributed by atoms with E-state index < -0.39 is 0 Å². The van der Waals surface area contributed by atoms with Crippen LogP contribution in [0.15, 0.2) is 65.8 Å². The minimum absolute atomic E-state index is 0.611. The highest BCUT2D eigenvalue weighted by Crippen LogP contribution is 2.33. The molecule has 0 radical (unpaired) electrons. The first-order valence-electron chi connectivity index (χ1n) is 10.4. The monoisotopic (exact) mass is 388 g/mol. The molecule has 0 atom stereocenters. The topological polar surface area (TPSA) is 36.1 Å². The van der Waals surface area contributed by atoms with E-state index in [0.29, 0.717) is 29.9 Å². The van der Waals surface area contributed by atoms with E-state index in [4.69, 9.17) is 0 Å². The molecule has 0 saturated carbocycles. The van der Waals surface area contributed by atoms with Gasteiger partial charge in [-0.15, -0.1) is 0 Å². The smallest absolute Gasteiger partial charge is 0.0998 e. The van der Waals surface area contributed by atoms with Gasteiger partial charge in [-0.2, -0.15) is 5.26 Å². The number of benzene rings is 1. The van der Waals surface area contributed by atoms with Crippen LogP contribution in [0, 0.1) is 29.1 Å². The summed E-state index contributed by atoms with van der Waals surface area (Å²) in [6.45, 7) is 22.7. The highest BCUT2D eigenvalue weighted by atomic mass is 14.7. The second-order valence-corrected chi connectivity index (χ2v) is 8.27. The molecule has 0 amide bonds. The lowest BCUT2D eigenvalue weighted by Crippen LogP contribution is -2.15. The normalized spacial score (nSPS) is 12.0. The Labute approximate surface area is 178 Å². The average Bonchev–Trinajstić information content (AvgIpc) is 2.69. The molecule has 0 heterocycles. The molecule has 2 heteroatoms. The van der Waals surface area contributed by atoms with Crippen molar-refractivity contribution in [2.75, 3.05) is 0 Å². The Hall–Kier alpha value is -2.66. The van der Waals surface area contributed by atoms with E-state index in [1.54, 1.807) is 0 Å². The molecule has 0 saturated heterocycles. The Bertz CT molecular complexity index is 821. The summed E-state index contributed by atoms with van der Waals surface area (Å²) >= 11 is 0. The third-order valence-corrected chi connectivity index (χ3v) is 5.53. The van der Waals surface area contributed by atoms with Crippen LogP contribution in [0.3, 0.4) is 0 Å². The number of aliphatic imine (C=N–C) groups is 1. The fourth-order valence-corrected chi connectivity index (χ4v) is 3.96. The molecule has 0 aliphatic rings. The lowest BCUT2D eigenvalue weighted by molar-refractivity contribution is 0.272. The van der Waals surface area contributed by atoms with Gasteiger partial charge < -0.3 is 0 Å². The summed E-state index contributed by atoms with van der Waals surface area (Å²) in [5.41, 5.74) is 5.74. The Balaban J connectivity index is 3.19. The van der Waals surface area contributed by atoms with Crippen molar-refractivity contribution in [3.8, 4) is 6.07 Å². The zero-order valence-electron chi connectivity index (χ0n) is 18.8. The van der Waals surface area contributed by atoms with Crippen molar-refractivity contribution < 1.29 is 0 Å². The van der Waals surface area contributed by atoms with E-state index in [1.165, 1.54) is 5.57 Å². The minimum atomic E-state index is 0.611. The van der Waals surface area contributed by atoms with E-state index in [9.17, 15) is 5.26 Å². The zero-order valence-corrected chi connectivity index (χ0v) is 18.8. The minimum Gasteiger partial charge on any atom is -0.265 e. The van der Waals surface area contributed by atoms with Gasteiger partial charge in [-0.25, -0.2) is 0 Å². The first-order chi connectivity index (χ1) is 13.7. The maximum atomic E-state index is 9.74. The maximum Gasteiger partial charge on any atom is 0.0998 e. The lowest BCUT2D eigenvalue weighted by Gasteiger charge is -2.26. The molecule has 154 valence electrons. The second-order valence-electron chi connectivity index (χ2n) is 8.27. The number of nitrogens with zero attached hydrogens (tertiary/aromatic N) is 2. The van der Waals surface area contributed by atoms with Gasteiger partial charge in [0.2, 0.25) is 0 Å². The molecule has 0 spiro atoms. The van der Waals surface area contributed by atoms with Crippen LogP contribution < -0.4 is 0 Å². The molecule has 29 heavy (non-hydrogen) atoms. The van der Waals surface area contributed by atoms with Gasteiger partial charge >= 0.3 is 0 Å². The molecule has 0 aliphatic carbocycles. The quantitative estimate of drug-likeness (QED) is 0.285. The largest absolute Gasteiger partial charge is 0.265 e. The summed E-state index contributed by atoms with van der Waals surface area (Å²) in [5, 5.41) is 9.74. The molecule has 0 unspecified atom stereocenters. The van der Waals surface area contributed by atoms with E-state index in [2.05, 4.69) is 77.7 Å². The lowest BCUT2D eigenvalue weighted by atomic mass is 9.79. The van der Waals surface area contributed by atoms with Gasteiger partial charge in [-0.1, -0.05) is 70.7 Å². The van der Waals surface area contributed by atoms with Gasteiger partial charge in [-0.3, -0.25) is 4.99 Å². The van der Waals surface area contributed by atoms with E-state index in [-0.39, 0.29) is 0 Å². The number of rotatable bonds is 11. The third kappa shape index (κ3) is 7.35. The van der Waals surface area contributed by atoms with Crippen LogP contribution in [0.2, 0.25) is 0 Å². The van der Waals surface area contributed by atoms with Crippen molar-refractivity contribution in [3.63, 3.8) is 0 Å². The van der Waals surface area contributed by atoms with Gasteiger partial charge in [-0.05, 0) is 79.5 Å². The van der Waals surface area contributed by atoms with Crippen LogP contribution >= 0.6 is 0 Å². The second kappa shape index (κ2) is 12.0. The first-order valence-corrected chi connectivity index (χ1v) is 10.4. The fourth-order valence-electron chi connectivity index (χ4n) is 3.96. The summed E-state index contributed by atoms with van der Waals surface area (Å²) in [6, 6.07) is 8.35. The van der Waals surface area contributed by atoms with Crippen LogP contribution in [0.1, 0.15) is 64.2 Å². The number of hydrogen-bond donors (Lipinski definition) is 0. The Morgan fingerprint density at radius 2 is 1.79 bits per heavy atom. The molecule has 1 aromatic carbocycles. The van der Waals surface area contributed by atoms with Crippen LogP contribution in [0.25, 0.3) is 5.57 Å². The highest BCUT2D eigenvalue weighted by molar-refractivity contribution is 5.73. The third-order valence-electron chi connectivity index (χ3n) is 5.53. The Kier molecular flexibility index (Phi) is 10.1. The van der Waals surface area contributed by atoms with Gasteiger partial charge in [0.15, 0.2) is 0 Å². The van der Waals surface area contributed by atoms with Crippen LogP contribution in [-0.4, -0.2) is 6.72 Å². The van der Waals surface area contributed by atoms with Crippen molar-refractivity contribution >= 4 is 12.3 Å². The van der Waals surface area contributed by atoms with Gasteiger partial charge in [0, 0.05) is 0 Å². The van der Waals surface area contributed by atoms with E-state index in [1.807, 2.05) is 24.3 Å². The van der Waals surface area contributed by atoms with Gasteiger partial charge in [0.25, 0.3) is 0 Å². The van der Waals surface area contributed by atoms with E-state index >= 15 is 0 Å². The molecule has 1 aromatic rings. The predicted octanol–water partition coefficient (Wildman–Crippen LogP) is 7.54. The fraction of sp³-hybridized carbons (Fsp3) is 0.407. The molecule has 0 aromatic heterocycles.